The third-order valence-electron chi connectivity index (χ3n) is 2.86. The summed E-state index contributed by atoms with van der Waals surface area (Å²) in [6.07, 6.45) is 3.88. The van der Waals surface area contributed by atoms with Crippen LogP contribution in [0.25, 0.3) is 0 Å². The van der Waals surface area contributed by atoms with Crippen LogP contribution in [0, 0.1) is 0 Å². The summed E-state index contributed by atoms with van der Waals surface area (Å²) in [5.74, 6) is 0.752. The smallest absolute Gasteiger partial charge is 0.0351 e. The summed E-state index contributed by atoms with van der Waals surface area (Å²) in [6.45, 7) is 4.35. The zero-order valence-corrected chi connectivity index (χ0v) is 10.8. The summed E-state index contributed by atoms with van der Waals surface area (Å²) in [5, 5.41) is 0. The number of alkyl halides is 1. The van der Waals surface area contributed by atoms with Gasteiger partial charge in [-0.25, -0.2) is 0 Å². The number of aryl methyl sites for hydroxylation is 1. The maximum Gasteiger partial charge on any atom is 0.0351 e. The van der Waals surface area contributed by atoms with Gasteiger partial charge in [0.25, 0.3) is 0 Å². The zero-order valence-electron chi connectivity index (χ0n) is 9.21. The van der Waals surface area contributed by atoms with Crippen LogP contribution in [0.2, 0.25) is 0 Å². The largest absolute Gasteiger partial charge is 0.294 e. The van der Waals surface area contributed by atoms with Crippen LogP contribution < -0.4 is 0 Å². The first-order chi connectivity index (χ1) is 7.33. The van der Waals surface area contributed by atoms with Crippen LogP contribution in [0.5, 0.6) is 0 Å². The molecule has 0 bridgehead atoms. The lowest BCUT2D eigenvalue weighted by molar-refractivity contribution is 0.273. The molecule has 0 aliphatic heterocycles. The Morgan fingerprint density at radius 3 is 2.67 bits per heavy atom. The molecular weight excluding hydrogens is 226 g/mol. The molecule has 0 spiro atoms. The van der Waals surface area contributed by atoms with Crippen molar-refractivity contribution in [2.75, 3.05) is 12.4 Å². The summed E-state index contributed by atoms with van der Waals surface area (Å²) in [7, 11) is 0. The standard InChI is InChI=1S/C12H18ClNS/c1-2-11-5-6-12(15-11)9-14(8-7-13)10-3-4-10/h5-6,10H,2-4,7-9H2,1H3. The second kappa shape index (κ2) is 5.33. The lowest BCUT2D eigenvalue weighted by Crippen LogP contribution is -2.27. The molecule has 84 valence electrons. The van der Waals surface area contributed by atoms with Crippen molar-refractivity contribution < 1.29 is 0 Å². The van der Waals surface area contributed by atoms with E-state index >= 15 is 0 Å². The fourth-order valence-corrected chi connectivity index (χ4v) is 3.04. The first-order valence-electron chi connectivity index (χ1n) is 5.71. The minimum atomic E-state index is 0.752. The van der Waals surface area contributed by atoms with Crippen LogP contribution in [0.4, 0.5) is 0 Å². The maximum absolute atomic E-state index is 5.83. The van der Waals surface area contributed by atoms with Crippen LogP contribution in [0.1, 0.15) is 29.5 Å². The van der Waals surface area contributed by atoms with Gasteiger partial charge in [0.15, 0.2) is 0 Å². The molecular formula is C12H18ClNS. The van der Waals surface area contributed by atoms with Gasteiger partial charge in [-0.05, 0) is 31.4 Å². The van der Waals surface area contributed by atoms with Crippen molar-refractivity contribution in [1.29, 1.82) is 0 Å². The van der Waals surface area contributed by atoms with Crippen LogP contribution in [0.3, 0.4) is 0 Å². The van der Waals surface area contributed by atoms with E-state index in [4.69, 9.17) is 11.6 Å². The van der Waals surface area contributed by atoms with Gasteiger partial charge in [0.2, 0.25) is 0 Å². The molecule has 1 fully saturated rings. The highest BCUT2D eigenvalue weighted by molar-refractivity contribution is 7.11. The lowest BCUT2D eigenvalue weighted by atomic mass is 10.3. The summed E-state index contributed by atoms with van der Waals surface area (Å²) < 4.78 is 0. The quantitative estimate of drug-likeness (QED) is 0.692. The van der Waals surface area contributed by atoms with Crippen LogP contribution in [-0.2, 0) is 13.0 Å². The van der Waals surface area contributed by atoms with E-state index in [2.05, 4.69) is 24.0 Å². The molecule has 1 heterocycles. The second-order valence-corrected chi connectivity index (χ2v) is 5.74. The first kappa shape index (κ1) is 11.4. The molecule has 0 atom stereocenters. The molecule has 2 rings (SSSR count). The Hall–Kier alpha value is -0.0500. The van der Waals surface area contributed by atoms with Crippen LogP contribution in [-0.4, -0.2) is 23.4 Å². The van der Waals surface area contributed by atoms with Crippen molar-refractivity contribution in [1.82, 2.24) is 4.90 Å². The van der Waals surface area contributed by atoms with Gasteiger partial charge in [0.1, 0.15) is 0 Å². The molecule has 0 N–H and O–H groups in total. The van der Waals surface area contributed by atoms with Gasteiger partial charge in [-0.15, -0.1) is 22.9 Å². The Morgan fingerprint density at radius 1 is 1.40 bits per heavy atom. The number of rotatable bonds is 6. The minimum Gasteiger partial charge on any atom is -0.294 e. The van der Waals surface area contributed by atoms with Crippen molar-refractivity contribution >= 4 is 22.9 Å². The normalized spacial score (nSPS) is 16.2. The number of thiophene rings is 1. The van der Waals surface area contributed by atoms with Gasteiger partial charge in [-0.2, -0.15) is 0 Å². The summed E-state index contributed by atoms with van der Waals surface area (Å²) in [6, 6.07) is 5.34. The molecule has 0 aromatic carbocycles. The third-order valence-corrected chi connectivity index (χ3v) is 4.24. The van der Waals surface area contributed by atoms with Crippen molar-refractivity contribution in [3.63, 3.8) is 0 Å². The van der Waals surface area contributed by atoms with Crippen molar-refractivity contribution in [3.8, 4) is 0 Å². The van der Waals surface area contributed by atoms with Gasteiger partial charge in [-0.3, -0.25) is 4.90 Å². The molecule has 1 nitrogen and oxygen atoms in total. The zero-order chi connectivity index (χ0) is 10.7. The van der Waals surface area contributed by atoms with Crippen LogP contribution in [0.15, 0.2) is 12.1 Å². The van der Waals surface area contributed by atoms with E-state index in [9.17, 15) is 0 Å². The Balaban J connectivity index is 1.92. The van der Waals surface area contributed by atoms with Gasteiger partial charge in [0, 0.05) is 34.8 Å². The fraction of sp³-hybridized carbons (Fsp3) is 0.667. The van der Waals surface area contributed by atoms with E-state index in [1.54, 1.807) is 0 Å². The van der Waals surface area contributed by atoms with Crippen molar-refractivity contribution in [2.24, 2.45) is 0 Å². The summed E-state index contributed by atoms with van der Waals surface area (Å²) >= 11 is 7.78. The molecule has 1 aliphatic rings. The SMILES string of the molecule is CCc1ccc(CN(CCCl)C2CC2)s1. The van der Waals surface area contributed by atoms with Gasteiger partial charge in [0.05, 0.1) is 0 Å². The van der Waals surface area contributed by atoms with E-state index in [0.29, 0.717) is 0 Å². The van der Waals surface area contributed by atoms with E-state index in [1.165, 1.54) is 22.6 Å². The summed E-state index contributed by atoms with van der Waals surface area (Å²) in [5.41, 5.74) is 0. The third kappa shape index (κ3) is 3.20. The molecule has 1 aromatic rings. The number of hydrogen-bond donors (Lipinski definition) is 0. The van der Waals surface area contributed by atoms with Crippen molar-refractivity contribution in [2.45, 2.75) is 38.8 Å². The molecule has 0 amide bonds. The lowest BCUT2D eigenvalue weighted by Gasteiger charge is -2.19. The number of halogens is 1. The Kier molecular flexibility index (Phi) is 4.06. The molecule has 0 saturated heterocycles. The second-order valence-electron chi connectivity index (χ2n) is 4.11. The average molecular weight is 244 g/mol. The minimum absolute atomic E-state index is 0.752. The maximum atomic E-state index is 5.83. The highest BCUT2D eigenvalue weighted by atomic mass is 35.5. The van der Waals surface area contributed by atoms with E-state index in [0.717, 1.165) is 31.4 Å². The predicted molar refractivity (Wildman–Crippen MR) is 67.8 cm³/mol. The average Bonchev–Trinajstić information content (AvgIpc) is 2.99. The number of nitrogens with zero attached hydrogens (tertiary/aromatic N) is 1. The molecule has 3 heteroatoms. The predicted octanol–water partition coefficient (Wildman–Crippen LogP) is 3.51. The molecule has 1 saturated carbocycles. The van der Waals surface area contributed by atoms with Crippen LogP contribution >= 0.6 is 22.9 Å². The summed E-state index contributed by atoms with van der Waals surface area (Å²) in [4.78, 5) is 5.51. The highest BCUT2D eigenvalue weighted by Gasteiger charge is 2.28. The Morgan fingerprint density at radius 2 is 2.13 bits per heavy atom. The highest BCUT2D eigenvalue weighted by Crippen LogP contribution is 2.29. The monoisotopic (exact) mass is 243 g/mol. The van der Waals surface area contributed by atoms with Crippen molar-refractivity contribution in [3.05, 3.63) is 21.9 Å². The van der Waals surface area contributed by atoms with Gasteiger partial charge in [-0.1, -0.05) is 6.92 Å². The molecule has 1 aliphatic carbocycles. The van der Waals surface area contributed by atoms with Gasteiger partial charge < -0.3 is 0 Å². The fourth-order valence-electron chi connectivity index (χ4n) is 1.84. The molecule has 0 unspecified atom stereocenters. The Labute approximate surface area is 101 Å². The first-order valence-corrected chi connectivity index (χ1v) is 7.06. The number of hydrogen-bond acceptors (Lipinski definition) is 2. The molecule has 15 heavy (non-hydrogen) atoms. The van der Waals surface area contributed by atoms with Gasteiger partial charge >= 0.3 is 0 Å². The molecule has 0 radical (unpaired) electrons. The van der Waals surface area contributed by atoms with E-state index in [1.807, 2.05) is 11.3 Å². The Bertz CT molecular complexity index is 306. The topological polar surface area (TPSA) is 3.24 Å². The van der Waals surface area contributed by atoms with E-state index < -0.39 is 0 Å². The van der Waals surface area contributed by atoms with E-state index in [-0.39, 0.29) is 0 Å². The molecule has 1 aromatic heterocycles.